The molecule has 0 aliphatic carbocycles. The summed E-state index contributed by atoms with van der Waals surface area (Å²) in [5.74, 6) is -0.346. The molecule has 8 nitrogen and oxygen atoms in total. The van der Waals surface area contributed by atoms with Gasteiger partial charge in [-0.25, -0.2) is 14.8 Å². The van der Waals surface area contributed by atoms with E-state index in [9.17, 15) is 9.59 Å². The van der Waals surface area contributed by atoms with Crippen LogP contribution in [0.25, 0.3) is 0 Å². The molecular formula is C11H13N5O3. The fraction of sp³-hybridized carbons (Fsp3) is 0.273. The fourth-order valence-electron chi connectivity index (χ4n) is 1.56. The number of esters is 1. The molecule has 0 unspecified atom stereocenters. The molecule has 0 saturated heterocycles. The molecule has 0 saturated carbocycles. The van der Waals surface area contributed by atoms with E-state index in [0.717, 1.165) is 0 Å². The van der Waals surface area contributed by atoms with Crippen LogP contribution in [-0.2, 0) is 18.8 Å². The molecule has 0 aliphatic rings. The number of hydrogen-bond acceptors (Lipinski definition) is 5. The Morgan fingerprint density at radius 2 is 2.00 bits per heavy atom. The Morgan fingerprint density at radius 1 is 1.26 bits per heavy atom. The van der Waals surface area contributed by atoms with Gasteiger partial charge in [0.25, 0.3) is 5.91 Å². The summed E-state index contributed by atoms with van der Waals surface area (Å²) in [6.45, 7) is 0. The summed E-state index contributed by atoms with van der Waals surface area (Å²) in [4.78, 5) is 31.2. The summed E-state index contributed by atoms with van der Waals surface area (Å²) in [7, 11) is 4.61. The number of imidazole rings is 2. The molecular weight excluding hydrogens is 250 g/mol. The molecule has 2 aromatic heterocycles. The first kappa shape index (κ1) is 12.8. The van der Waals surface area contributed by atoms with E-state index in [-0.39, 0.29) is 17.5 Å². The Hall–Kier alpha value is -2.64. The summed E-state index contributed by atoms with van der Waals surface area (Å²) >= 11 is 0. The van der Waals surface area contributed by atoms with Crippen LogP contribution in [-0.4, -0.2) is 38.1 Å². The van der Waals surface area contributed by atoms with Crippen molar-refractivity contribution in [3.8, 4) is 0 Å². The first-order chi connectivity index (χ1) is 9.02. The number of aromatic nitrogens is 4. The molecule has 0 aromatic carbocycles. The van der Waals surface area contributed by atoms with Crippen LogP contribution in [0.2, 0.25) is 0 Å². The van der Waals surface area contributed by atoms with E-state index in [0.29, 0.717) is 0 Å². The second-order valence-corrected chi connectivity index (χ2v) is 3.87. The van der Waals surface area contributed by atoms with Gasteiger partial charge in [0.1, 0.15) is 0 Å². The standard InChI is InChI=1S/C11H13N5O3/c1-15-5-4-12-8(15)10(17)14-7-6-16(2)9(13-7)11(18)19-3/h4-6H,1-3H3,(H,14,17). The summed E-state index contributed by atoms with van der Waals surface area (Å²) < 4.78 is 7.63. The van der Waals surface area contributed by atoms with Crippen LogP contribution in [0, 0.1) is 0 Å². The molecule has 0 bridgehead atoms. The van der Waals surface area contributed by atoms with E-state index < -0.39 is 11.9 Å². The van der Waals surface area contributed by atoms with E-state index in [1.54, 1.807) is 24.9 Å². The Labute approximate surface area is 109 Å². The maximum Gasteiger partial charge on any atom is 0.374 e. The minimum atomic E-state index is -0.569. The average Bonchev–Trinajstić information content (AvgIpc) is 2.94. The van der Waals surface area contributed by atoms with Crippen LogP contribution in [0.1, 0.15) is 21.2 Å². The first-order valence-corrected chi connectivity index (χ1v) is 5.43. The van der Waals surface area contributed by atoms with Gasteiger partial charge in [-0.3, -0.25) is 4.79 Å². The van der Waals surface area contributed by atoms with Gasteiger partial charge in [0.2, 0.25) is 5.82 Å². The molecule has 2 rings (SSSR count). The van der Waals surface area contributed by atoms with Crippen molar-refractivity contribution < 1.29 is 14.3 Å². The number of nitrogens with zero attached hydrogens (tertiary/aromatic N) is 4. The molecule has 2 aromatic rings. The minimum Gasteiger partial charge on any atom is -0.463 e. The van der Waals surface area contributed by atoms with Crippen LogP contribution in [0.4, 0.5) is 5.82 Å². The Bertz CT molecular complexity index is 628. The third-order valence-electron chi connectivity index (χ3n) is 2.51. The highest BCUT2D eigenvalue weighted by Gasteiger charge is 2.17. The molecule has 0 radical (unpaired) electrons. The first-order valence-electron chi connectivity index (χ1n) is 5.43. The molecule has 1 N–H and O–H groups in total. The number of carbonyl (C=O) groups is 2. The van der Waals surface area contributed by atoms with Gasteiger partial charge in [0.05, 0.1) is 7.11 Å². The highest BCUT2D eigenvalue weighted by molar-refractivity contribution is 6.01. The smallest absolute Gasteiger partial charge is 0.374 e. The molecule has 0 atom stereocenters. The molecule has 0 fully saturated rings. The predicted molar refractivity (Wildman–Crippen MR) is 65.7 cm³/mol. The summed E-state index contributed by atoms with van der Waals surface area (Å²) in [5, 5.41) is 2.56. The Balaban J connectivity index is 2.19. The largest absolute Gasteiger partial charge is 0.463 e. The van der Waals surface area contributed by atoms with Gasteiger partial charge in [-0.2, -0.15) is 0 Å². The van der Waals surface area contributed by atoms with E-state index in [4.69, 9.17) is 0 Å². The quantitative estimate of drug-likeness (QED) is 0.798. The minimum absolute atomic E-state index is 0.109. The van der Waals surface area contributed by atoms with Crippen molar-refractivity contribution in [3.63, 3.8) is 0 Å². The molecule has 100 valence electrons. The maximum atomic E-state index is 11.9. The summed E-state index contributed by atoms with van der Waals surface area (Å²) in [5.41, 5.74) is 0. The number of nitrogens with one attached hydrogen (secondary N) is 1. The normalized spacial score (nSPS) is 10.3. The molecule has 0 aliphatic heterocycles. The van der Waals surface area contributed by atoms with Crippen molar-refractivity contribution >= 4 is 17.7 Å². The number of aryl methyl sites for hydroxylation is 2. The highest BCUT2D eigenvalue weighted by atomic mass is 16.5. The van der Waals surface area contributed by atoms with Gasteiger partial charge in [-0.15, -0.1) is 0 Å². The lowest BCUT2D eigenvalue weighted by molar-refractivity contribution is 0.0582. The molecule has 0 spiro atoms. The van der Waals surface area contributed by atoms with Crippen molar-refractivity contribution in [1.29, 1.82) is 0 Å². The maximum absolute atomic E-state index is 11.9. The highest BCUT2D eigenvalue weighted by Crippen LogP contribution is 2.09. The fourth-order valence-corrected chi connectivity index (χ4v) is 1.56. The second-order valence-electron chi connectivity index (χ2n) is 3.87. The third kappa shape index (κ3) is 2.46. The SMILES string of the molecule is COC(=O)c1nc(NC(=O)c2nccn2C)cn1C. The van der Waals surface area contributed by atoms with Crippen LogP contribution in [0.5, 0.6) is 0 Å². The van der Waals surface area contributed by atoms with Gasteiger partial charge in [-0.1, -0.05) is 0 Å². The second kappa shape index (κ2) is 4.92. The van der Waals surface area contributed by atoms with Gasteiger partial charge in [0, 0.05) is 32.7 Å². The van der Waals surface area contributed by atoms with Crippen LogP contribution >= 0.6 is 0 Å². The van der Waals surface area contributed by atoms with Crippen molar-refractivity contribution in [1.82, 2.24) is 19.1 Å². The van der Waals surface area contributed by atoms with Gasteiger partial charge >= 0.3 is 5.97 Å². The van der Waals surface area contributed by atoms with Crippen LogP contribution < -0.4 is 5.32 Å². The van der Waals surface area contributed by atoms with Crippen LogP contribution in [0.3, 0.4) is 0 Å². The summed E-state index contributed by atoms with van der Waals surface area (Å²) in [6.07, 6.45) is 4.70. The van der Waals surface area contributed by atoms with Crippen molar-refractivity contribution in [2.75, 3.05) is 12.4 Å². The molecule has 1 amide bonds. The lowest BCUT2D eigenvalue weighted by Gasteiger charge is -2.01. The van der Waals surface area contributed by atoms with Gasteiger partial charge in [-0.05, 0) is 0 Å². The van der Waals surface area contributed by atoms with E-state index in [1.165, 1.54) is 24.1 Å². The molecule has 8 heteroatoms. The molecule has 19 heavy (non-hydrogen) atoms. The summed E-state index contributed by atoms with van der Waals surface area (Å²) in [6, 6.07) is 0. The number of methoxy groups -OCH3 is 1. The van der Waals surface area contributed by atoms with Crippen molar-refractivity contribution in [2.24, 2.45) is 14.1 Å². The number of hydrogen-bond donors (Lipinski definition) is 1. The van der Waals surface area contributed by atoms with Crippen molar-refractivity contribution in [2.45, 2.75) is 0 Å². The number of anilines is 1. The number of ether oxygens (including phenoxy) is 1. The van der Waals surface area contributed by atoms with Crippen LogP contribution in [0.15, 0.2) is 18.6 Å². The van der Waals surface area contributed by atoms with Crippen molar-refractivity contribution in [3.05, 3.63) is 30.2 Å². The Morgan fingerprint density at radius 3 is 2.58 bits per heavy atom. The third-order valence-corrected chi connectivity index (χ3v) is 2.51. The monoisotopic (exact) mass is 263 g/mol. The lowest BCUT2D eigenvalue weighted by Crippen LogP contribution is -2.17. The van der Waals surface area contributed by atoms with E-state index in [1.807, 2.05) is 0 Å². The zero-order valence-electron chi connectivity index (χ0n) is 10.7. The lowest BCUT2D eigenvalue weighted by atomic mass is 10.5. The zero-order valence-corrected chi connectivity index (χ0v) is 10.7. The predicted octanol–water partition coefficient (Wildman–Crippen LogP) is 0.192. The zero-order chi connectivity index (χ0) is 14.0. The molecule has 2 heterocycles. The number of amides is 1. The Kier molecular flexibility index (Phi) is 3.32. The van der Waals surface area contributed by atoms with Gasteiger partial charge < -0.3 is 19.2 Å². The van der Waals surface area contributed by atoms with E-state index in [2.05, 4.69) is 20.0 Å². The number of carbonyl (C=O) groups excluding carboxylic acids is 2. The average molecular weight is 263 g/mol. The topological polar surface area (TPSA) is 91.0 Å². The number of rotatable bonds is 3. The van der Waals surface area contributed by atoms with Gasteiger partial charge in [0.15, 0.2) is 11.6 Å². The van der Waals surface area contributed by atoms with E-state index >= 15 is 0 Å².